The first-order chi connectivity index (χ1) is 13.4. The van der Waals surface area contributed by atoms with E-state index in [4.69, 9.17) is 4.74 Å². The standard InChI is InChI=1S/C22H25N3O3/c1-16-12-19(17(2)25(16)13-18-8-4-3-5-9-18)21(27)28-14-20(26)24-22(15-23)10-6-7-11-22/h3-5,8-9,12H,6-7,10-11,13-14H2,1-2H3,(H,24,26). The summed E-state index contributed by atoms with van der Waals surface area (Å²) >= 11 is 0. The lowest BCUT2D eigenvalue weighted by atomic mass is 10.00. The Morgan fingerprint density at radius 1 is 1.21 bits per heavy atom. The summed E-state index contributed by atoms with van der Waals surface area (Å²) in [6, 6.07) is 14.0. The molecule has 1 aromatic carbocycles. The van der Waals surface area contributed by atoms with Crippen molar-refractivity contribution < 1.29 is 14.3 Å². The van der Waals surface area contributed by atoms with Crippen LogP contribution in [0.2, 0.25) is 0 Å². The number of carbonyl (C=O) groups excluding carboxylic acids is 2. The number of hydrogen-bond acceptors (Lipinski definition) is 4. The van der Waals surface area contributed by atoms with Crippen LogP contribution in [0.15, 0.2) is 36.4 Å². The maximum Gasteiger partial charge on any atom is 0.340 e. The van der Waals surface area contributed by atoms with Gasteiger partial charge in [-0.2, -0.15) is 5.26 Å². The van der Waals surface area contributed by atoms with E-state index in [2.05, 4.69) is 16.0 Å². The van der Waals surface area contributed by atoms with Crippen LogP contribution in [0, 0.1) is 25.2 Å². The van der Waals surface area contributed by atoms with Crippen molar-refractivity contribution in [3.63, 3.8) is 0 Å². The number of esters is 1. The summed E-state index contributed by atoms with van der Waals surface area (Å²) in [5, 5.41) is 12.1. The molecule has 28 heavy (non-hydrogen) atoms. The number of benzene rings is 1. The van der Waals surface area contributed by atoms with Gasteiger partial charge in [-0.05, 0) is 51.2 Å². The molecule has 146 valence electrons. The van der Waals surface area contributed by atoms with Gasteiger partial charge in [0.2, 0.25) is 0 Å². The molecule has 1 saturated carbocycles. The molecule has 0 aliphatic heterocycles. The number of aromatic nitrogens is 1. The minimum absolute atomic E-state index is 0.384. The number of ether oxygens (including phenoxy) is 1. The molecule has 1 aliphatic carbocycles. The summed E-state index contributed by atoms with van der Waals surface area (Å²) in [6.45, 7) is 4.09. The number of nitrogens with zero attached hydrogens (tertiary/aromatic N) is 2. The second kappa shape index (κ2) is 8.30. The van der Waals surface area contributed by atoms with E-state index in [1.807, 2.05) is 44.2 Å². The molecular formula is C22H25N3O3. The smallest absolute Gasteiger partial charge is 0.340 e. The van der Waals surface area contributed by atoms with Crippen molar-refractivity contribution in [2.75, 3.05) is 6.61 Å². The van der Waals surface area contributed by atoms with Crippen molar-refractivity contribution in [1.82, 2.24) is 9.88 Å². The topological polar surface area (TPSA) is 84.1 Å². The van der Waals surface area contributed by atoms with Crippen LogP contribution in [-0.4, -0.2) is 28.6 Å². The van der Waals surface area contributed by atoms with Crippen LogP contribution in [0.5, 0.6) is 0 Å². The molecule has 1 fully saturated rings. The van der Waals surface area contributed by atoms with E-state index in [1.165, 1.54) is 0 Å². The van der Waals surface area contributed by atoms with E-state index in [0.717, 1.165) is 29.8 Å². The Hall–Kier alpha value is -3.07. The maximum atomic E-state index is 12.5. The molecule has 1 heterocycles. The number of aryl methyl sites for hydroxylation is 1. The van der Waals surface area contributed by atoms with E-state index in [9.17, 15) is 14.9 Å². The van der Waals surface area contributed by atoms with Crippen molar-refractivity contribution in [2.24, 2.45) is 0 Å². The lowest BCUT2D eigenvalue weighted by Crippen LogP contribution is -2.46. The highest BCUT2D eigenvalue weighted by atomic mass is 16.5. The van der Waals surface area contributed by atoms with Crippen molar-refractivity contribution in [2.45, 2.75) is 51.6 Å². The average Bonchev–Trinajstić information content (AvgIpc) is 3.27. The van der Waals surface area contributed by atoms with Crippen LogP contribution in [-0.2, 0) is 16.1 Å². The summed E-state index contributed by atoms with van der Waals surface area (Å²) in [5.74, 6) is -0.963. The van der Waals surface area contributed by atoms with E-state index in [1.54, 1.807) is 6.07 Å². The second-order valence-corrected chi connectivity index (χ2v) is 7.38. The SMILES string of the molecule is Cc1cc(C(=O)OCC(=O)NC2(C#N)CCCC2)c(C)n1Cc1ccccc1. The predicted molar refractivity (Wildman–Crippen MR) is 105 cm³/mol. The molecule has 0 unspecified atom stereocenters. The van der Waals surface area contributed by atoms with Gasteiger partial charge in [-0.15, -0.1) is 0 Å². The number of carbonyl (C=O) groups is 2. The summed E-state index contributed by atoms with van der Waals surface area (Å²) in [7, 11) is 0. The molecule has 0 bridgehead atoms. The molecule has 2 aromatic rings. The summed E-state index contributed by atoms with van der Waals surface area (Å²) < 4.78 is 7.27. The number of hydrogen-bond donors (Lipinski definition) is 1. The molecular weight excluding hydrogens is 354 g/mol. The fraction of sp³-hybridized carbons (Fsp3) is 0.409. The third-order valence-electron chi connectivity index (χ3n) is 5.36. The fourth-order valence-corrected chi connectivity index (χ4v) is 3.77. The molecule has 6 nitrogen and oxygen atoms in total. The van der Waals surface area contributed by atoms with Crippen LogP contribution >= 0.6 is 0 Å². The lowest BCUT2D eigenvalue weighted by molar-refractivity contribution is -0.125. The third-order valence-corrected chi connectivity index (χ3v) is 5.36. The van der Waals surface area contributed by atoms with Gasteiger partial charge < -0.3 is 14.6 Å². The van der Waals surface area contributed by atoms with Gasteiger partial charge >= 0.3 is 5.97 Å². The zero-order valence-electron chi connectivity index (χ0n) is 16.3. The molecule has 1 amide bonds. The van der Waals surface area contributed by atoms with E-state index >= 15 is 0 Å². The second-order valence-electron chi connectivity index (χ2n) is 7.38. The minimum Gasteiger partial charge on any atom is -0.452 e. The van der Waals surface area contributed by atoms with E-state index < -0.39 is 17.4 Å². The fourth-order valence-electron chi connectivity index (χ4n) is 3.77. The molecule has 6 heteroatoms. The van der Waals surface area contributed by atoms with E-state index in [-0.39, 0.29) is 6.61 Å². The van der Waals surface area contributed by atoms with Gasteiger partial charge in [0, 0.05) is 17.9 Å². The van der Waals surface area contributed by atoms with Gasteiger partial charge in [-0.1, -0.05) is 30.3 Å². The quantitative estimate of drug-likeness (QED) is 0.781. The van der Waals surface area contributed by atoms with Gasteiger partial charge in [0.1, 0.15) is 5.54 Å². The highest BCUT2D eigenvalue weighted by Gasteiger charge is 2.35. The first-order valence-electron chi connectivity index (χ1n) is 9.54. The molecule has 0 spiro atoms. The Kier molecular flexibility index (Phi) is 5.84. The number of nitriles is 1. The van der Waals surface area contributed by atoms with Gasteiger partial charge in [0.05, 0.1) is 11.6 Å². The Labute approximate surface area is 165 Å². The first-order valence-corrected chi connectivity index (χ1v) is 9.54. The third kappa shape index (κ3) is 4.25. The lowest BCUT2D eigenvalue weighted by Gasteiger charge is -2.21. The van der Waals surface area contributed by atoms with Gasteiger partial charge in [-0.3, -0.25) is 4.79 Å². The molecule has 1 aromatic heterocycles. The molecule has 0 saturated heterocycles. The van der Waals surface area contributed by atoms with Gasteiger partial charge in [0.15, 0.2) is 6.61 Å². The number of nitrogens with one attached hydrogen (secondary N) is 1. The predicted octanol–water partition coefficient (Wildman–Crippen LogP) is 3.26. The van der Waals surface area contributed by atoms with E-state index in [0.29, 0.717) is 24.9 Å². The normalized spacial score (nSPS) is 15.0. The minimum atomic E-state index is -0.811. The monoisotopic (exact) mass is 379 g/mol. The van der Waals surface area contributed by atoms with Crippen molar-refractivity contribution in [3.8, 4) is 6.07 Å². The summed E-state index contributed by atoms with van der Waals surface area (Å²) in [4.78, 5) is 24.6. The van der Waals surface area contributed by atoms with Crippen LogP contribution in [0.4, 0.5) is 0 Å². The Morgan fingerprint density at radius 2 is 1.89 bits per heavy atom. The highest BCUT2D eigenvalue weighted by Crippen LogP contribution is 2.28. The van der Waals surface area contributed by atoms with Crippen LogP contribution in [0.1, 0.15) is 53.0 Å². The molecule has 1 aliphatic rings. The Balaban J connectivity index is 1.62. The number of rotatable bonds is 6. The van der Waals surface area contributed by atoms with Crippen LogP contribution in [0.25, 0.3) is 0 Å². The average molecular weight is 379 g/mol. The van der Waals surface area contributed by atoms with Crippen molar-refractivity contribution in [3.05, 3.63) is 58.9 Å². The molecule has 3 rings (SSSR count). The largest absolute Gasteiger partial charge is 0.452 e. The van der Waals surface area contributed by atoms with Crippen LogP contribution < -0.4 is 5.32 Å². The maximum absolute atomic E-state index is 12.5. The van der Waals surface area contributed by atoms with Crippen LogP contribution in [0.3, 0.4) is 0 Å². The Bertz CT molecular complexity index is 903. The van der Waals surface area contributed by atoms with Gasteiger partial charge in [0.25, 0.3) is 5.91 Å². The first kappa shape index (κ1) is 19.7. The van der Waals surface area contributed by atoms with Gasteiger partial charge in [-0.25, -0.2) is 4.79 Å². The Morgan fingerprint density at radius 3 is 2.54 bits per heavy atom. The zero-order chi connectivity index (χ0) is 20.1. The molecule has 0 atom stereocenters. The number of amides is 1. The highest BCUT2D eigenvalue weighted by molar-refractivity contribution is 5.93. The van der Waals surface area contributed by atoms with Crippen molar-refractivity contribution in [1.29, 1.82) is 5.26 Å². The zero-order valence-corrected chi connectivity index (χ0v) is 16.3. The molecule has 1 N–H and O–H groups in total. The van der Waals surface area contributed by atoms with Crippen molar-refractivity contribution >= 4 is 11.9 Å². The summed E-state index contributed by atoms with van der Waals surface area (Å²) in [6.07, 6.45) is 3.12. The summed E-state index contributed by atoms with van der Waals surface area (Å²) in [5.41, 5.74) is 2.54. The molecule has 0 radical (unpaired) electrons.